The lowest BCUT2D eigenvalue weighted by Crippen LogP contribution is -2.08. The van der Waals surface area contributed by atoms with Crippen molar-refractivity contribution in [2.45, 2.75) is 13.3 Å². The smallest absolute Gasteiger partial charge is 0.363 e. The Balaban J connectivity index is 1.97. The minimum Gasteiger partial charge on any atom is -0.493 e. The summed E-state index contributed by atoms with van der Waals surface area (Å²) in [4.78, 5) is 28.1. The molecule has 1 aliphatic rings. The van der Waals surface area contributed by atoms with Crippen molar-refractivity contribution in [1.82, 2.24) is 0 Å². The van der Waals surface area contributed by atoms with E-state index in [2.05, 4.69) is 4.99 Å². The Morgan fingerprint density at radius 2 is 2.07 bits per heavy atom. The number of carbonyl (C=O) groups excluding carboxylic acids is 2. The molecule has 3 rings (SSSR count). The maximum Gasteiger partial charge on any atom is 0.363 e. The molecule has 1 heterocycles. The fourth-order valence-corrected chi connectivity index (χ4v) is 3.38. The summed E-state index contributed by atoms with van der Waals surface area (Å²) in [5.74, 6) is -0.0772. The minimum atomic E-state index is -0.578. The SMILES string of the molecule is CCC(=O)Oc1c(I)cc(/C=C2\N=C(c3ccccc3Cl)OC2=O)cc1OC. The van der Waals surface area contributed by atoms with Gasteiger partial charge in [0.05, 0.1) is 21.3 Å². The van der Waals surface area contributed by atoms with Crippen LogP contribution in [0.3, 0.4) is 0 Å². The van der Waals surface area contributed by atoms with Crippen molar-refractivity contribution in [1.29, 1.82) is 0 Å². The molecule has 28 heavy (non-hydrogen) atoms. The van der Waals surface area contributed by atoms with Crippen molar-refractivity contribution in [2.24, 2.45) is 4.99 Å². The van der Waals surface area contributed by atoms with Gasteiger partial charge in [0.1, 0.15) is 0 Å². The Kier molecular flexibility index (Phi) is 6.35. The molecule has 8 heteroatoms. The van der Waals surface area contributed by atoms with Crippen LogP contribution in [0.5, 0.6) is 11.5 Å². The summed E-state index contributed by atoms with van der Waals surface area (Å²) in [7, 11) is 1.48. The lowest BCUT2D eigenvalue weighted by atomic mass is 10.1. The molecule has 6 nitrogen and oxygen atoms in total. The first kappa shape index (κ1) is 20.3. The molecule has 0 aromatic heterocycles. The van der Waals surface area contributed by atoms with Crippen LogP contribution in [0.25, 0.3) is 6.08 Å². The predicted molar refractivity (Wildman–Crippen MR) is 114 cm³/mol. The number of nitrogens with zero attached hydrogens (tertiary/aromatic N) is 1. The van der Waals surface area contributed by atoms with E-state index in [4.69, 9.17) is 25.8 Å². The van der Waals surface area contributed by atoms with Crippen LogP contribution in [-0.4, -0.2) is 24.9 Å². The summed E-state index contributed by atoms with van der Waals surface area (Å²) < 4.78 is 16.6. The first-order valence-electron chi connectivity index (χ1n) is 8.28. The van der Waals surface area contributed by atoms with Gasteiger partial charge in [0, 0.05) is 6.42 Å². The van der Waals surface area contributed by atoms with E-state index in [9.17, 15) is 9.59 Å². The summed E-state index contributed by atoms with van der Waals surface area (Å²) in [6, 6.07) is 10.4. The number of ether oxygens (including phenoxy) is 3. The quantitative estimate of drug-likeness (QED) is 0.254. The summed E-state index contributed by atoms with van der Waals surface area (Å²) in [6.45, 7) is 1.71. The zero-order valence-corrected chi connectivity index (χ0v) is 17.9. The average Bonchev–Trinajstić information content (AvgIpc) is 3.03. The molecule has 0 saturated heterocycles. The number of esters is 2. The minimum absolute atomic E-state index is 0.131. The zero-order valence-electron chi connectivity index (χ0n) is 15.0. The van der Waals surface area contributed by atoms with Gasteiger partial charge in [-0.1, -0.05) is 30.7 Å². The number of rotatable bonds is 5. The van der Waals surface area contributed by atoms with Gasteiger partial charge in [-0.3, -0.25) is 4.79 Å². The van der Waals surface area contributed by atoms with Gasteiger partial charge in [-0.15, -0.1) is 0 Å². The van der Waals surface area contributed by atoms with Crippen LogP contribution >= 0.6 is 34.2 Å². The lowest BCUT2D eigenvalue weighted by Gasteiger charge is -2.11. The summed E-state index contributed by atoms with van der Waals surface area (Å²) in [6.07, 6.45) is 1.82. The van der Waals surface area contributed by atoms with Crippen molar-refractivity contribution >= 4 is 58.1 Å². The lowest BCUT2D eigenvalue weighted by molar-refractivity contribution is -0.134. The summed E-state index contributed by atoms with van der Waals surface area (Å²) in [5, 5.41) is 0.439. The van der Waals surface area contributed by atoms with Crippen LogP contribution in [0.2, 0.25) is 5.02 Å². The van der Waals surface area contributed by atoms with Crippen molar-refractivity contribution in [2.75, 3.05) is 7.11 Å². The Bertz CT molecular complexity index is 1020. The van der Waals surface area contributed by atoms with Gasteiger partial charge in [0.15, 0.2) is 17.2 Å². The molecule has 0 amide bonds. The predicted octanol–water partition coefficient (Wildman–Crippen LogP) is 4.61. The monoisotopic (exact) mass is 511 g/mol. The van der Waals surface area contributed by atoms with E-state index in [0.29, 0.717) is 31.2 Å². The van der Waals surface area contributed by atoms with E-state index in [1.54, 1.807) is 49.4 Å². The van der Waals surface area contributed by atoms with E-state index < -0.39 is 5.97 Å². The Labute approximate surface area is 180 Å². The van der Waals surface area contributed by atoms with E-state index in [1.165, 1.54) is 7.11 Å². The molecule has 0 radical (unpaired) electrons. The molecule has 0 atom stereocenters. The van der Waals surface area contributed by atoms with E-state index >= 15 is 0 Å². The second-order valence-corrected chi connectivity index (χ2v) is 7.25. The zero-order chi connectivity index (χ0) is 20.3. The Morgan fingerprint density at radius 1 is 1.32 bits per heavy atom. The van der Waals surface area contributed by atoms with Gasteiger partial charge in [-0.25, -0.2) is 9.79 Å². The number of aliphatic imine (C=N–C) groups is 1. The highest BCUT2D eigenvalue weighted by molar-refractivity contribution is 14.1. The molecular weight excluding hydrogens is 497 g/mol. The second-order valence-electron chi connectivity index (χ2n) is 5.68. The third-order valence-corrected chi connectivity index (χ3v) is 4.92. The van der Waals surface area contributed by atoms with Crippen molar-refractivity contribution in [3.05, 3.63) is 61.8 Å². The van der Waals surface area contributed by atoms with Crippen molar-refractivity contribution < 1.29 is 23.8 Å². The van der Waals surface area contributed by atoms with Gasteiger partial charge in [-0.05, 0) is 58.5 Å². The maximum absolute atomic E-state index is 12.2. The molecule has 0 spiro atoms. The van der Waals surface area contributed by atoms with Gasteiger partial charge in [-0.2, -0.15) is 0 Å². The Morgan fingerprint density at radius 3 is 2.75 bits per heavy atom. The van der Waals surface area contributed by atoms with Crippen LogP contribution in [0, 0.1) is 3.57 Å². The number of halogens is 2. The third-order valence-electron chi connectivity index (χ3n) is 3.78. The van der Waals surface area contributed by atoms with Gasteiger partial charge in [0.2, 0.25) is 5.90 Å². The number of hydrogen-bond acceptors (Lipinski definition) is 6. The molecule has 0 aliphatic carbocycles. The molecular formula is C20H15ClINO5. The molecule has 2 aromatic rings. The van der Waals surface area contributed by atoms with E-state index in [-0.39, 0.29) is 24.0 Å². The molecule has 0 saturated carbocycles. The van der Waals surface area contributed by atoms with Gasteiger partial charge >= 0.3 is 11.9 Å². The van der Waals surface area contributed by atoms with E-state index in [0.717, 1.165) is 0 Å². The molecule has 0 unspecified atom stereocenters. The van der Waals surface area contributed by atoms with Crippen LogP contribution in [0.4, 0.5) is 0 Å². The number of benzene rings is 2. The van der Waals surface area contributed by atoms with Gasteiger partial charge < -0.3 is 14.2 Å². The maximum atomic E-state index is 12.2. The first-order valence-corrected chi connectivity index (χ1v) is 9.74. The molecule has 0 bridgehead atoms. The summed E-state index contributed by atoms with van der Waals surface area (Å²) in [5.41, 5.74) is 1.31. The molecule has 144 valence electrons. The second kappa shape index (κ2) is 8.74. The standard InChI is InChI=1S/C20H15ClINO5/c1-3-17(24)27-18-14(22)8-11(10-16(18)26-2)9-15-20(25)28-19(23-15)12-6-4-5-7-13(12)21/h4-10H,3H2,1-2H3/b15-9-. The van der Waals surface area contributed by atoms with Crippen LogP contribution in [-0.2, 0) is 14.3 Å². The fourth-order valence-electron chi connectivity index (χ4n) is 2.43. The van der Waals surface area contributed by atoms with Crippen molar-refractivity contribution in [3.8, 4) is 11.5 Å². The summed E-state index contributed by atoms with van der Waals surface area (Å²) >= 11 is 8.18. The third kappa shape index (κ3) is 4.36. The number of cyclic esters (lactones) is 1. The van der Waals surface area contributed by atoms with Gasteiger partial charge in [0.25, 0.3) is 0 Å². The molecule has 2 aromatic carbocycles. The normalized spacial score (nSPS) is 14.6. The average molecular weight is 512 g/mol. The van der Waals surface area contributed by atoms with E-state index in [1.807, 2.05) is 22.6 Å². The van der Waals surface area contributed by atoms with Crippen LogP contribution in [0.1, 0.15) is 24.5 Å². The highest BCUT2D eigenvalue weighted by atomic mass is 127. The number of methoxy groups -OCH3 is 1. The highest BCUT2D eigenvalue weighted by Crippen LogP contribution is 2.35. The van der Waals surface area contributed by atoms with Crippen molar-refractivity contribution in [3.63, 3.8) is 0 Å². The van der Waals surface area contributed by atoms with Crippen LogP contribution < -0.4 is 9.47 Å². The molecule has 0 fully saturated rings. The first-order chi connectivity index (χ1) is 13.4. The number of carbonyl (C=O) groups is 2. The fraction of sp³-hybridized carbons (Fsp3) is 0.150. The largest absolute Gasteiger partial charge is 0.493 e. The molecule has 1 aliphatic heterocycles. The number of hydrogen-bond donors (Lipinski definition) is 0. The molecule has 0 N–H and O–H groups in total. The Hall–Kier alpha value is -2.39. The topological polar surface area (TPSA) is 74.2 Å². The highest BCUT2D eigenvalue weighted by Gasteiger charge is 2.26. The van der Waals surface area contributed by atoms with Crippen LogP contribution in [0.15, 0.2) is 47.1 Å².